The number of benzene rings is 2. The number of aromatic hydroxyl groups is 1. The Bertz CT molecular complexity index is 957. The normalized spacial score (nSPS) is 10.1. The average molecular weight is 398 g/mol. The SMILES string of the molecule is CCOCC.COc1ccc(NC(=O)c2cnc3ccccc3c2O)cc1OC. The van der Waals surface area contributed by atoms with Crippen molar-refractivity contribution in [1.82, 2.24) is 4.98 Å². The van der Waals surface area contributed by atoms with Gasteiger partial charge in [0.15, 0.2) is 11.5 Å². The van der Waals surface area contributed by atoms with E-state index in [1.165, 1.54) is 20.4 Å². The van der Waals surface area contributed by atoms with Crippen LogP contribution in [0.4, 0.5) is 5.69 Å². The zero-order valence-corrected chi connectivity index (χ0v) is 17.1. The number of para-hydroxylation sites is 1. The topological polar surface area (TPSA) is 89.9 Å². The van der Waals surface area contributed by atoms with Gasteiger partial charge in [0.1, 0.15) is 11.3 Å². The average Bonchev–Trinajstić information content (AvgIpc) is 2.75. The third-order valence-corrected chi connectivity index (χ3v) is 4.04. The molecule has 7 heteroatoms. The van der Waals surface area contributed by atoms with E-state index in [-0.39, 0.29) is 11.3 Å². The van der Waals surface area contributed by atoms with Gasteiger partial charge >= 0.3 is 0 Å². The number of anilines is 1. The van der Waals surface area contributed by atoms with Crippen molar-refractivity contribution >= 4 is 22.5 Å². The predicted molar refractivity (Wildman–Crippen MR) is 113 cm³/mol. The Balaban J connectivity index is 0.000000537. The molecular formula is C22H26N2O5. The summed E-state index contributed by atoms with van der Waals surface area (Å²) in [6, 6.07) is 12.1. The maximum absolute atomic E-state index is 12.4. The molecule has 0 spiro atoms. The van der Waals surface area contributed by atoms with Crippen molar-refractivity contribution in [3.05, 3.63) is 54.2 Å². The van der Waals surface area contributed by atoms with Gasteiger partial charge < -0.3 is 24.6 Å². The lowest BCUT2D eigenvalue weighted by molar-refractivity contribution is 0.102. The molecule has 3 aromatic rings. The first-order valence-corrected chi connectivity index (χ1v) is 9.23. The van der Waals surface area contributed by atoms with E-state index in [2.05, 4.69) is 10.3 Å². The van der Waals surface area contributed by atoms with E-state index in [1.54, 1.807) is 36.4 Å². The summed E-state index contributed by atoms with van der Waals surface area (Å²) < 4.78 is 15.2. The Kier molecular flexibility index (Phi) is 8.24. The van der Waals surface area contributed by atoms with Crippen LogP contribution in [-0.2, 0) is 4.74 Å². The molecule has 1 heterocycles. The van der Waals surface area contributed by atoms with Crippen molar-refractivity contribution in [3.8, 4) is 17.2 Å². The summed E-state index contributed by atoms with van der Waals surface area (Å²) in [5.74, 6) is 0.499. The third kappa shape index (κ3) is 5.58. The number of nitrogens with zero attached hydrogens (tertiary/aromatic N) is 1. The number of pyridine rings is 1. The fourth-order valence-corrected chi connectivity index (χ4v) is 2.61. The van der Waals surface area contributed by atoms with Crippen molar-refractivity contribution in [2.24, 2.45) is 0 Å². The van der Waals surface area contributed by atoms with Gasteiger partial charge in [-0.15, -0.1) is 0 Å². The molecule has 0 unspecified atom stereocenters. The van der Waals surface area contributed by atoms with Crippen LogP contribution in [0.25, 0.3) is 10.9 Å². The second kappa shape index (κ2) is 10.9. The number of rotatable bonds is 6. The van der Waals surface area contributed by atoms with Crippen LogP contribution in [0.15, 0.2) is 48.7 Å². The standard InChI is InChI=1S/C18H16N2O4.C4H10O/c1-23-15-8-7-11(9-16(15)24-2)20-18(22)13-10-19-14-6-4-3-5-12(14)17(13)21;1-3-5-4-2/h3-10H,1-2H3,(H,19,21)(H,20,22);3-4H2,1-2H3. The summed E-state index contributed by atoms with van der Waals surface area (Å²) in [5, 5.41) is 13.6. The number of amides is 1. The lowest BCUT2D eigenvalue weighted by Crippen LogP contribution is -2.12. The number of hydrogen-bond acceptors (Lipinski definition) is 6. The maximum Gasteiger partial charge on any atom is 0.261 e. The van der Waals surface area contributed by atoms with Crippen LogP contribution >= 0.6 is 0 Å². The third-order valence-electron chi connectivity index (χ3n) is 4.04. The van der Waals surface area contributed by atoms with Crippen molar-refractivity contribution < 1.29 is 24.1 Å². The highest BCUT2D eigenvalue weighted by atomic mass is 16.5. The quantitative estimate of drug-likeness (QED) is 0.645. The molecule has 2 N–H and O–H groups in total. The Morgan fingerprint density at radius 2 is 1.72 bits per heavy atom. The van der Waals surface area contributed by atoms with Crippen LogP contribution in [0.3, 0.4) is 0 Å². The summed E-state index contributed by atoms with van der Waals surface area (Å²) in [6.45, 7) is 5.67. The Morgan fingerprint density at radius 1 is 1.03 bits per heavy atom. The highest BCUT2D eigenvalue weighted by Crippen LogP contribution is 2.31. The minimum Gasteiger partial charge on any atom is -0.506 e. The van der Waals surface area contributed by atoms with Gasteiger partial charge in [-0.3, -0.25) is 9.78 Å². The first-order valence-electron chi connectivity index (χ1n) is 9.23. The monoisotopic (exact) mass is 398 g/mol. The molecule has 1 amide bonds. The molecule has 0 atom stereocenters. The van der Waals surface area contributed by atoms with Crippen LogP contribution in [0.1, 0.15) is 24.2 Å². The molecule has 0 bridgehead atoms. The first kappa shape index (κ1) is 22.0. The number of methoxy groups -OCH3 is 2. The summed E-state index contributed by atoms with van der Waals surface area (Å²) in [7, 11) is 3.05. The fourth-order valence-electron chi connectivity index (χ4n) is 2.61. The number of carbonyl (C=O) groups is 1. The first-order chi connectivity index (χ1) is 14.0. The van der Waals surface area contributed by atoms with E-state index in [0.29, 0.717) is 28.1 Å². The predicted octanol–water partition coefficient (Wildman–Crippen LogP) is 4.25. The van der Waals surface area contributed by atoms with Gasteiger partial charge in [-0.25, -0.2) is 0 Å². The molecule has 1 aromatic heterocycles. The Labute approximate surface area is 170 Å². The molecule has 154 valence electrons. The zero-order valence-electron chi connectivity index (χ0n) is 17.1. The lowest BCUT2D eigenvalue weighted by Gasteiger charge is -2.11. The van der Waals surface area contributed by atoms with Crippen molar-refractivity contribution in [2.45, 2.75) is 13.8 Å². The molecule has 3 rings (SSSR count). The number of fused-ring (bicyclic) bond motifs is 1. The Morgan fingerprint density at radius 3 is 2.34 bits per heavy atom. The van der Waals surface area contributed by atoms with Gasteiger partial charge in [-0.2, -0.15) is 0 Å². The maximum atomic E-state index is 12.4. The molecule has 0 aliphatic carbocycles. The summed E-state index contributed by atoms with van der Waals surface area (Å²) in [6.07, 6.45) is 1.35. The molecule has 0 saturated heterocycles. The van der Waals surface area contributed by atoms with E-state index in [0.717, 1.165) is 13.2 Å². The lowest BCUT2D eigenvalue weighted by atomic mass is 10.1. The molecule has 0 aliphatic rings. The van der Waals surface area contributed by atoms with Gasteiger partial charge in [-0.05, 0) is 38.1 Å². The Hall–Kier alpha value is -3.32. The summed E-state index contributed by atoms with van der Waals surface area (Å²) >= 11 is 0. The van der Waals surface area contributed by atoms with Crippen molar-refractivity contribution in [2.75, 3.05) is 32.8 Å². The molecule has 0 aliphatic heterocycles. The van der Waals surface area contributed by atoms with Crippen molar-refractivity contribution in [3.63, 3.8) is 0 Å². The van der Waals surface area contributed by atoms with E-state index in [9.17, 15) is 9.90 Å². The van der Waals surface area contributed by atoms with Crippen LogP contribution in [-0.4, -0.2) is 43.4 Å². The summed E-state index contributed by atoms with van der Waals surface area (Å²) in [5.41, 5.74) is 1.24. The van der Waals surface area contributed by atoms with Crippen LogP contribution < -0.4 is 14.8 Å². The smallest absolute Gasteiger partial charge is 0.261 e. The second-order valence-electron chi connectivity index (χ2n) is 5.84. The van der Waals surface area contributed by atoms with Gasteiger partial charge in [0, 0.05) is 36.6 Å². The summed E-state index contributed by atoms with van der Waals surface area (Å²) in [4.78, 5) is 16.6. The van der Waals surface area contributed by atoms with Crippen LogP contribution in [0, 0.1) is 0 Å². The highest BCUT2D eigenvalue weighted by Gasteiger charge is 2.15. The molecule has 0 radical (unpaired) electrons. The van der Waals surface area contributed by atoms with Crippen LogP contribution in [0.2, 0.25) is 0 Å². The van der Waals surface area contributed by atoms with Gasteiger partial charge in [-0.1, -0.05) is 12.1 Å². The van der Waals surface area contributed by atoms with Gasteiger partial charge in [0.05, 0.1) is 19.7 Å². The van der Waals surface area contributed by atoms with E-state index < -0.39 is 5.91 Å². The van der Waals surface area contributed by atoms with Crippen molar-refractivity contribution in [1.29, 1.82) is 0 Å². The molecule has 2 aromatic carbocycles. The zero-order chi connectivity index (χ0) is 21.2. The van der Waals surface area contributed by atoms with Gasteiger partial charge in [0.25, 0.3) is 5.91 Å². The van der Waals surface area contributed by atoms with E-state index in [4.69, 9.17) is 14.2 Å². The highest BCUT2D eigenvalue weighted by molar-refractivity contribution is 6.09. The number of aromatic nitrogens is 1. The number of nitrogens with one attached hydrogen (secondary N) is 1. The largest absolute Gasteiger partial charge is 0.506 e. The minimum absolute atomic E-state index is 0.0985. The molecule has 29 heavy (non-hydrogen) atoms. The number of ether oxygens (including phenoxy) is 3. The number of hydrogen-bond donors (Lipinski definition) is 2. The second-order valence-corrected chi connectivity index (χ2v) is 5.84. The molecule has 0 saturated carbocycles. The number of carbonyl (C=O) groups excluding carboxylic acids is 1. The molecular weight excluding hydrogens is 372 g/mol. The molecule has 0 fully saturated rings. The van der Waals surface area contributed by atoms with Crippen LogP contribution in [0.5, 0.6) is 17.2 Å². The van der Waals surface area contributed by atoms with E-state index >= 15 is 0 Å². The van der Waals surface area contributed by atoms with Gasteiger partial charge in [0.2, 0.25) is 0 Å². The fraction of sp³-hybridized carbons (Fsp3) is 0.273. The van der Waals surface area contributed by atoms with E-state index in [1.807, 2.05) is 19.9 Å². The minimum atomic E-state index is -0.460. The molecule has 7 nitrogen and oxygen atoms in total.